The van der Waals surface area contributed by atoms with Crippen molar-refractivity contribution in [2.45, 2.75) is 104 Å². The number of ether oxygens (including phenoxy) is 7. The van der Waals surface area contributed by atoms with Crippen molar-refractivity contribution >= 4 is 5.97 Å². The van der Waals surface area contributed by atoms with Gasteiger partial charge < -0.3 is 74.0 Å². The lowest BCUT2D eigenvalue weighted by Crippen LogP contribution is -2.80. The van der Waals surface area contributed by atoms with Crippen LogP contribution in [0.5, 0.6) is 0 Å². The van der Waals surface area contributed by atoms with Gasteiger partial charge in [0, 0.05) is 12.3 Å². The zero-order valence-electron chi connectivity index (χ0n) is 24.2. The molecule has 9 rings (SSSR count). The fourth-order valence-electron chi connectivity index (χ4n) is 8.26. The fraction of sp³-hybridized carbons (Fsp3) is 0.759. The van der Waals surface area contributed by atoms with Gasteiger partial charge in [-0.1, -0.05) is 18.2 Å². The molecule has 0 spiro atoms. The Balaban J connectivity index is 1.10. The second-order valence-corrected chi connectivity index (χ2v) is 13.0. The van der Waals surface area contributed by atoms with Crippen LogP contribution in [0.25, 0.3) is 0 Å². The number of hydrogen-bond donors (Lipinski definition) is 8. The molecule has 8 N–H and O–H groups in total. The molecule has 0 radical (unpaired) electrons. The normalized spacial score (nSPS) is 52.9. The van der Waals surface area contributed by atoms with Crippen LogP contribution in [0, 0.1) is 11.3 Å². The van der Waals surface area contributed by atoms with Crippen molar-refractivity contribution in [3.8, 4) is 0 Å². The maximum Gasteiger partial charge on any atom is 0.338 e. The molecule has 3 aliphatic carbocycles. The van der Waals surface area contributed by atoms with E-state index in [1.54, 1.807) is 37.3 Å². The van der Waals surface area contributed by atoms with Gasteiger partial charge in [0.15, 0.2) is 24.7 Å². The molecule has 250 valence electrons. The summed E-state index contributed by atoms with van der Waals surface area (Å²) >= 11 is 0. The van der Waals surface area contributed by atoms with Crippen molar-refractivity contribution in [3.63, 3.8) is 0 Å². The van der Waals surface area contributed by atoms with Gasteiger partial charge in [-0.25, -0.2) is 4.79 Å². The van der Waals surface area contributed by atoms with E-state index in [0.29, 0.717) is 5.56 Å². The van der Waals surface area contributed by atoms with E-state index in [0.717, 1.165) is 0 Å². The van der Waals surface area contributed by atoms with E-state index in [1.165, 1.54) is 0 Å². The Bertz CT molecular complexity index is 1280. The van der Waals surface area contributed by atoms with Gasteiger partial charge in [-0.05, 0) is 25.5 Å². The summed E-state index contributed by atoms with van der Waals surface area (Å²) in [5.41, 5.74) is -3.41. The maximum absolute atomic E-state index is 12.9. The van der Waals surface area contributed by atoms with Crippen LogP contribution in [0.4, 0.5) is 0 Å². The molecule has 0 amide bonds. The zero-order chi connectivity index (χ0) is 32.1. The number of benzene rings is 1. The van der Waals surface area contributed by atoms with Crippen LogP contribution in [0.2, 0.25) is 0 Å². The van der Waals surface area contributed by atoms with Crippen molar-refractivity contribution in [2.75, 3.05) is 19.8 Å². The molecule has 8 aliphatic rings. The first-order chi connectivity index (χ1) is 21.3. The Labute approximate surface area is 256 Å². The predicted molar refractivity (Wildman–Crippen MR) is 141 cm³/mol. The lowest BCUT2D eigenvalue weighted by Gasteiger charge is -2.67. The molecular formula is C29H38O16. The topological polar surface area (TPSA) is 244 Å². The highest BCUT2D eigenvalue weighted by Gasteiger charge is 2.94. The zero-order valence-corrected chi connectivity index (χ0v) is 24.2. The lowest BCUT2D eigenvalue weighted by molar-refractivity contribution is -0.425. The van der Waals surface area contributed by atoms with Crippen molar-refractivity contribution < 1.29 is 78.8 Å². The van der Waals surface area contributed by atoms with Crippen LogP contribution in [-0.2, 0) is 33.2 Å². The Kier molecular flexibility index (Phi) is 7.63. The van der Waals surface area contributed by atoms with E-state index in [-0.39, 0.29) is 19.4 Å². The third kappa shape index (κ3) is 4.33. The summed E-state index contributed by atoms with van der Waals surface area (Å²) in [6.45, 7) is 0.234. The van der Waals surface area contributed by atoms with E-state index in [2.05, 4.69) is 0 Å². The van der Waals surface area contributed by atoms with Crippen LogP contribution in [0.1, 0.15) is 30.1 Å². The van der Waals surface area contributed by atoms with E-state index >= 15 is 0 Å². The maximum atomic E-state index is 12.9. The molecule has 16 atom stereocenters. The molecule has 16 nitrogen and oxygen atoms in total. The van der Waals surface area contributed by atoms with Gasteiger partial charge in [-0.2, -0.15) is 0 Å². The monoisotopic (exact) mass is 642 g/mol. The molecule has 6 bridgehead atoms. The standard InChI is InChI=1S/C29H38O16/c1-26-10-28(38)15-7-29(26,27(15,25(44-26)45-28)11-40-22(37)12-5-3-2-4-6-12)43-24-21(36)19(34)17(32)14(42-24)9-39-23-20(35)18(33)16(31)13(8-30)41-23/h2-6,13-21,23-25,30-36,38H,7-11H2,1H3/t13-,14-,15+,16-,17-,18+,19+,20-,21-,23+,24+,25-,26+,27+,28-,29-/m1/s1. The summed E-state index contributed by atoms with van der Waals surface area (Å²) in [4.78, 5) is 12.9. The quantitative estimate of drug-likeness (QED) is 0.122. The fourth-order valence-corrected chi connectivity index (χ4v) is 8.26. The van der Waals surface area contributed by atoms with Crippen molar-refractivity contribution in [2.24, 2.45) is 11.3 Å². The van der Waals surface area contributed by atoms with Gasteiger partial charge in [0.05, 0.1) is 24.2 Å². The highest BCUT2D eigenvalue weighted by atomic mass is 16.8. The number of hydrogen-bond acceptors (Lipinski definition) is 16. The smallest absolute Gasteiger partial charge is 0.338 e. The van der Waals surface area contributed by atoms with Crippen molar-refractivity contribution in [1.82, 2.24) is 0 Å². The molecule has 8 fully saturated rings. The van der Waals surface area contributed by atoms with Crippen LogP contribution >= 0.6 is 0 Å². The number of aliphatic hydroxyl groups is 8. The summed E-state index contributed by atoms with van der Waals surface area (Å²) in [6, 6.07) is 8.33. The van der Waals surface area contributed by atoms with Gasteiger partial charge >= 0.3 is 5.97 Å². The van der Waals surface area contributed by atoms with Crippen LogP contribution in [0.3, 0.4) is 0 Å². The first-order valence-electron chi connectivity index (χ1n) is 14.9. The third-order valence-corrected chi connectivity index (χ3v) is 10.7. The highest BCUT2D eigenvalue weighted by molar-refractivity contribution is 5.89. The summed E-state index contributed by atoms with van der Waals surface area (Å²) < 4.78 is 41.2. The molecule has 3 saturated carbocycles. The average Bonchev–Trinajstić information content (AvgIpc) is 3.21. The number of carbonyl (C=O) groups is 1. The Morgan fingerprint density at radius 3 is 2.22 bits per heavy atom. The molecule has 5 aliphatic heterocycles. The first-order valence-corrected chi connectivity index (χ1v) is 14.9. The Morgan fingerprint density at radius 2 is 1.53 bits per heavy atom. The van der Waals surface area contributed by atoms with E-state index in [9.17, 15) is 45.6 Å². The Morgan fingerprint density at radius 1 is 0.889 bits per heavy atom. The van der Waals surface area contributed by atoms with Crippen LogP contribution < -0.4 is 0 Å². The molecule has 0 unspecified atom stereocenters. The van der Waals surface area contributed by atoms with Crippen molar-refractivity contribution in [3.05, 3.63) is 35.9 Å². The van der Waals surface area contributed by atoms with Crippen LogP contribution in [0.15, 0.2) is 30.3 Å². The first kappa shape index (κ1) is 31.7. The summed E-state index contributed by atoms with van der Waals surface area (Å²) in [6.07, 6.45) is -16.8. The van der Waals surface area contributed by atoms with E-state index in [4.69, 9.17) is 33.2 Å². The number of rotatable bonds is 9. The van der Waals surface area contributed by atoms with Gasteiger partial charge in [-0.15, -0.1) is 0 Å². The van der Waals surface area contributed by atoms with Gasteiger partial charge in [0.1, 0.15) is 66.6 Å². The minimum Gasteiger partial charge on any atom is -0.461 e. The van der Waals surface area contributed by atoms with Gasteiger partial charge in [-0.3, -0.25) is 0 Å². The van der Waals surface area contributed by atoms with Crippen LogP contribution in [-0.4, -0.2) is 151 Å². The summed E-state index contributed by atoms with van der Waals surface area (Å²) in [7, 11) is 0. The predicted octanol–water partition coefficient (Wildman–Crippen LogP) is -3.53. The van der Waals surface area contributed by atoms with E-state index in [1.807, 2.05) is 0 Å². The second kappa shape index (κ2) is 10.8. The summed E-state index contributed by atoms with van der Waals surface area (Å²) in [5.74, 6) is -2.73. The number of aliphatic hydroxyl groups excluding tert-OH is 7. The average molecular weight is 643 g/mol. The molecule has 16 heteroatoms. The molecule has 45 heavy (non-hydrogen) atoms. The van der Waals surface area contributed by atoms with Gasteiger partial charge in [0.25, 0.3) is 0 Å². The van der Waals surface area contributed by atoms with Gasteiger partial charge in [0.2, 0.25) is 0 Å². The molecule has 1 aromatic carbocycles. The minimum atomic E-state index is -1.78. The minimum absolute atomic E-state index is 0.00713. The molecule has 1 aromatic rings. The highest BCUT2D eigenvalue weighted by Crippen LogP contribution is 2.81. The molecule has 0 aromatic heterocycles. The van der Waals surface area contributed by atoms with E-state index < -0.39 is 115 Å². The lowest BCUT2D eigenvalue weighted by atomic mass is 9.41. The second-order valence-electron chi connectivity index (χ2n) is 13.0. The molecular weight excluding hydrogens is 604 g/mol. The van der Waals surface area contributed by atoms with Crippen molar-refractivity contribution in [1.29, 1.82) is 0 Å². The number of esters is 1. The SMILES string of the molecule is C[C@@]12C[C@@]3(O)O[C@@H](O1)[C@]1(COC(=O)c4ccccc4)[C@@H]3C[C@]12O[C@@H]1O[C@H](CO[C@H]2O[C@H](CO)[C@@H](O)[C@H](O)[C@H]2O)[C@@H](O)[C@H](O)[C@H]1O. The third-order valence-electron chi connectivity index (χ3n) is 10.7. The molecule has 5 saturated heterocycles. The largest absolute Gasteiger partial charge is 0.461 e. The number of carbonyl (C=O) groups excluding carboxylic acids is 1. The Hall–Kier alpha value is -1.87. The molecule has 5 heterocycles. The summed E-state index contributed by atoms with van der Waals surface area (Å²) in [5, 5.41) is 83.7.